The zero-order valence-corrected chi connectivity index (χ0v) is 12.0. The van der Waals surface area contributed by atoms with Gasteiger partial charge >= 0.3 is 0 Å². The highest BCUT2D eigenvalue weighted by atomic mass is 15.3. The van der Waals surface area contributed by atoms with E-state index in [0.717, 1.165) is 25.7 Å². The summed E-state index contributed by atoms with van der Waals surface area (Å²) >= 11 is 0. The van der Waals surface area contributed by atoms with Crippen LogP contribution in [0.5, 0.6) is 0 Å². The van der Waals surface area contributed by atoms with E-state index in [2.05, 4.69) is 28.1 Å². The third-order valence-corrected chi connectivity index (χ3v) is 4.38. The van der Waals surface area contributed by atoms with Crippen molar-refractivity contribution in [2.24, 2.45) is 0 Å². The van der Waals surface area contributed by atoms with Gasteiger partial charge in [0.05, 0.1) is 0 Å². The Morgan fingerprint density at radius 3 is 3.05 bits per heavy atom. The van der Waals surface area contributed by atoms with Gasteiger partial charge in [-0.1, -0.05) is 0 Å². The van der Waals surface area contributed by atoms with Crippen molar-refractivity contribution in [2.45, 2.75) is 32.4 Å². The van der Waals surface area contributed by atoms with Gasteiger partial charge in [0.1, 0.15) is 5.82 Å². The highest BCUT2D eigenvalue weighted by Gasteiger charge is 2.31. The number of hydrogen-bond donors (Lipinski definition) is 1. The molecule has 19 heavy (non-hydrogen) atoms. The average molecular weight is 260 g/mol. The molecule has 1 atom stereocenters. The first-order valence-electron chi connectivity index (χ1n) is 7.37. The fourth-order valence-electron chi connectivity index (χ4n) is 3.44. The van der Waals surface area contributed by atoms with Crippen molar-refractivity contribution in [1.82, 2.24) is 15.2 Å². The molecule has 2 aliphatic rings. The summed E-state index contributed by atoms with van der Waals surface area (Å²) in [4.78, 5) is 9.82. The summed E-state index contributed by atoms with van der Waals surface area (Å²) in [5, 5.41) is 3.18. The lowest BCUT2D eigenvalue weighted by molar-refractivity contribution is 0.230. The van der Waals surface area contributed by atoms with Crippen molar-refractivity contribution in [3.05, 3.63) is 23.4 Å². The minimum Gasteiger partial charge on any atom is -0.354 e. The third kappa shape index (κ3) is 2.60. The molecule has 0 amide bonds. The molecule has 1 N–H and O–H groups in total. The summed E-state index contributed by atoms with van der Waals surface area (Å²) in [6, 6.07) is 3.02. The van der Waals surface area contributed by atoms with Crippen molar-refractivity contribution in [2.75, 3.05) is 38.1 Å². The lowest BCUT2D eigenvalue weighted by Crippen LogP contribution is -2.50. The largest absolute Gasteiger partial charge is 0.354 e. The maximum absolute atomic E-state index is 4.70. The van der Waals surface area contributed by atoms with Gasteiger partial charge in [-0.25, -0.2) is 4.98 Å². The molecular formula is C15H24N4. The number of hydrogen-bond acceptors (Lipinski definition) is 4. The van der Waals surface area contributed by atoms with Gasteiger partial charge in [-0.15, -0.1) is 0 Å². The van der Waals surface area contributed by atoms with Crippen molar-refractivity contribution in [1.29, 1.82) is 0 Å². The molecule has 0 aromatic carbocycles. The number of aryl methyl sites for hydroxylation is 1. The van der Waals surface area contributed by atoms with Crippen LogP contribution >= 0.6 is 0 Å². The Morgan fingerprint density at radius 1 is 1.37 bits per heavy atom. The molecule has 3 rings (SSSR count). The number of piperazine rings is 1. The molecule has 1 aromatic rings. The number of nitrogens with zero attached hydrogens (tertiary/aromatic N) is 3. The van der Waals surface area contributed by atoms with Crippen molar-refractivity contribution < 1.29 is 0 Å². The zero-order chi connectivity index (χ0) is 13.2. The number of fused-ring (bicyclic) bond motifs is 1. The van der Waals surface area contributed by atoms with E-state index in [1.165, 1.54) is 42.9 Å². The van der Waals surface area contributed by atoms with Gasteiger partial charge in [0.25, 0.3) is 0 Å². The summed E-state index contributed by atoms with van der Waals surface area (Å²) in [7, 11) is 1.97. The van der Waals surface area contributed by atoms with Crippen LogP contribution in [0.25, 0.3) is 0 Å². The fraction of sp³-hybridized carbons (Fsp3) is 0.667. The Balaban J connectivity index is 1.75. The lowest BCUT2D eigenvalue weighted by Gasteiger charge is -2.38. The van der Waals surface area contributed by atoms with E-state index in [4.69, 9.17) is 4.98 Å². The van der Waals surface area contributed by atoms with Crippen LogP contribution in [-0.2, 0) is 6.54 Å². The van der Waals surface area contributed by atoms with Crippen LogP contribution in [0, 0.1) is 6.92 Å². The Hall–Kier alpha value is -1.13. The van der Waals surface area contributed by atoms with Crippen molar-refractivity contribution in [3.8, 4) is 0 Å². The summed E-state index contributed by atoms with van der Waals surface area (Å²) in [5.74, 6) is 1.19. The molecule has 2 saturated heterocycles. The van der Waals surface area contributed by atoms with Crippen LogP contribution in [-0.4, -0.2) is 49.2 Å². The van der Waals surface area contributed by atoms with Crippen molar-refractivity contribution >= 4 is 5.82 Å². The normalized spacial score (nSPS) is 23.7. The quantitative estimate of drug-likeness (QED) is 0.890. The molecule has 1 unspecified atom stereocenters. The second-order valence-corrected chi connectivity index (χ2v) is 5.79. The first kappa shape index (κ1) is 12.9. The summed E-state index contributed by atoms with van der Waals surface area (Å²) in [6.45, 7) is 7.85. The molecule has 0 aliphatic carbocycles. The molecule has 104 valence electrons. The second-order valence-electron chi connectivity index (χ2n) is 5.79. The Kier molecular flexibility index (Phi) is 3.71. The van der Waals surface area contributed by atoms with E-state index < -0.39 is 0 Å². The van der Waals surface area contributed by atoms with Crippen LogP contribution in [0.4, 0.5) is 5.82 Å². The Bertz CT molecular complexity index is 446. The number of rotatable bonds is 3. The molecule has 2 fully saturated rings. The monoisotopic (exact) mass is 260 g/mol. The average Bonchev–Trinajstić information content (AvgIpc) is 2.86. The van der Waals surface area contributed by atoms with Crippen LogP contribution in [0.3, 0.4) is 0 Å². The molecule has 1 aromatic heterocycles. The molecule has 4 nitrogen and oxygen atoms in total. The summed E-state index contributed by atoms with van der Waals surface area (Å²) in [6.07, 6.45) is 4.74. The minimum absolute atomic E-state index is 0.756. The smallest absolute Gasteiger partial charge is 0.131 e. The molecular weight excluding hydrogens is 236 g/mol. The standard InChI is InChI=1S/C15H24N4/c1-12-8-13(9-16-2)10-17-15(12)19-7-6-18-5-3-4-14(18)11-19/h8,10,14,16H,3-7,9,11H2,1-2H3. The van der Waals surface area contributed by atoms with E-state index in [1.54, 1.807) is 0 Å². The summed E-state index contributed by atoms with van der Waals surface area (Å²) in [5.41, 5.74) is 2.57. The van der Waals surface area contributed by atoms with Crippen LogP contribution in [0.2, 0.25) is 0 Å². The fourth-order valence-corrected chi connectivity index (χ4v) is 3.44. The first-order chi connectivity index (χ1) is 9.28. The third-order valence-electron chi connectivity index (χ3n) is 4.38. The number of pyridine rings is 1. The van der Waals surface area contributed by atoms with E-state index in [0.29, 0.717) is 0 Å². The van der Waals surface area contributed by atoms with Gasteiger partial charge in [-0.3, -0.25) is 4.90 Å². The van der Waals surface area contributed by atoms with E-state index in [-0.39, 0.29) is 0 Å². The van der Waals surface area contributed by atoms with E-state index in [9.17, 15) is 0 Å². The number of nitrogens with one attached hydrogen (secondary N) is 1. The highest BCUT2D eigenvalue weighted by Crippen LogP contribution is 2.26. The predicted molar refractivity (Wildman–Crippen MR) is 78.5 cm³/mol. The zero-order valence-electron chi connectivity index (χ0n) is 12.0. The van der Waals surface area contributed by atoms with Gasteiger partial charge in [0.2, 0.25) is 0 Å². The highest BCUT2D eigenvalue weighted by molar-refractivity contribution is 5.48. The molecule has 4 heteroatoms. The number of anilines is 1. The minimum atomic E-state index is 0.756. The van der Waals surface area contributed by atoms with E-state index >= 15 is 0 Å². The lowest BCUT2D eigenvalue weighted by atomic mass is 10.1. The summed E-state index contributed by atoms with van der Waals surface area (Å²) < 4.78 is 0. The molecule has 0 saturated carbocycles. The molecule has 0 spiro atoms. The second kappa shape index (κ2) is 5.47. The van der Waals surface area contributed by atoms with Gasteiger partial charge < -0.3 is 10.2 Å². The number of aromatic nitrogens is 1. The predicted octanol–water partition coefficient (Wildman–Crippen LogP) is 1.39. The Morgan fingerprint density at radius 2 is 2.26 bits per heavy atom. The maximum atomic E-state index is 4.70. The van der Waals surface area contributed by atoms with Gasteiger partial charge in [-0.2, -0.15) is 0 Å². The molecule has 0 bridgehead atoms. The van der Waals surface area contributed by atoms with Gasteiger partial charge in [0, 0.05) is 38.4 Å². The van der Waals surface area contributed by atoms with Crippen LogP contribution in [0.1, 0.15) is 24.0 Å². The maximum Gasteiger partial charge on any atom is 0.131 e. The SMILES string of the molecule is CNCc1cnc(N2CCN3CCCC3C2)c(C)c1. The van der Waals surface area contributed by atoms with Crippen molar-refractivity contribution in [3.63, 3.8) is 0 Å². The van der Waals surface area contributed by atoms with Crippen LogP contribution in [0.15, 0.2) is 12.3 Å². The Labute approximate surface area is 115 Å². The van der Waals surface area contributed by atoms with Crippen LogP contribution < -0.4 is 10.2 Å². The van der Waals surface area contributed by atoms with E-state index in [1.807, 2.05) is 13.2 Å². The van der Waals surface area contributed by atoms with Gasteiger partial charge in [-0.05, 0) is 50.6 Å². The molecule has 2 aliphatic heterocycles. The van der Waals surface area contributed by atoms with Gasteiger partial charge in [0.15, 0.2) is 0 Å². The first-order valence-corrected chi connectivity index (χ1v) is 7.37. The molecule has 0 radical (unpaired) electrons. The topological polar surface area (TPSA) is 31.4 Å². The molecule has 3 heterocycles.